The van der Waals surface area contributed by atoms with Crippen molar-refractivity contribution in [3.05, 3.63) is 52.8 Å². The zero-order valence-corrected chi connectivity index (χ0v) is 13.6. The van der Waals surface area contributed by atoms with Crippen LogP contribution >= 0.6 is 11.6 Å². The number of hydrogen-bond acceptors (Lipinski definition) is 4. The topological polar surface area (TPSA) is 83.5 Å². The monoisotopic (exact) mass is 357 g/mol. The van der Waals surface area contributed by atoms with E-state index in [4.69, 9.17) is 11.6 Å². The fourth-order valence-corrected chi connectivity index (χ4v) is 3.00. The second-order valence-electron chi connectivity index (χ2n) is 4.66. The zero-order chi connectivity index (χ0) is 17.2. The quantitative estimate of drug-likeness (QED) is 0.823. The molecule has 0 aliphatic rings. The Bertz CT molecular complexity index is 868. The molecule has 0 fully saturated rings. The van der Waals surface area contributed by atoms with Crippen molar-refractivity contribution in [3.8, 4) is 5.75 Å². The summed E-state index contributed by atoms with van der Waals surface area (Å²) in [5.41, 5.74) is -0.0823. The van der Waals surface area contributed by atoms with Gasteiger partial charge in [0.2, 0.25) is 0 Å². The van der Waals surface area contributed by atoms with Crippen molar-refractivity contribution in [2.24, 2.45) is 0 Å². The van der Waals surface area contributed by atoms with E-state index in [0.29, 0.717) is 0 Å². The number of aromatic hydroxyl groups is 1. The molecule has 2 aromatic carbocycles. The fourth-order valence-electron chi connectivity index (χ4n) is 1.84. The Morgan fingerprint density at radius 1 is 1.26 bits per heavy atom. The minimum atomic E-state index is -3.49. The summed E-state index contributed by atoms with van der Waals surface area (Å²) >= 11 is 5.80. The first-order valence-electron chi connectivity index (χ1n) is 6.57. The molecule has 0 spiro atoms. The van der Waals surface area contributed by atoms with E-state index in [1.165, 1.54) is 25.1 Å². The van der Waals surface area contributed by atoms with Gasteiger partial charge in [-0.3, -0.25) is 4.79 Å². The van der Waals surface area contributed by atoms with E-state index in [9.17, 15) is 22.7 Å². The normalized spacial score (nSPS) is 11.3. The number of hydrogen-bond donors (Lipinski definition) is 2. The number of rotatable bonds is 4. The summed E-state index contributed by atoms with van der Waals surface area (Å²) in [7, 11) is -3.49. The van der Waals surface area contributed by atoms with Crippen LogP contribution in [-0.2, 0) is 9.84 Å². The number of phenolic OH excluding ortho intramolecular Hbond substituents is 1. The SMILES string of the molecule is CCS(=O)(=O)c1ccc(O)c(NC(=O)c2ccc(F)cc2Cl)c1. The van der Waals surface area contributed by atoms with Gasteiger partial charge in [0, 0.05) is 0 Å². The van der Waals surface area contributed by atoms with E-state index in [2.05, 4.69) is 5.32 Å². The lowest BCUT2D eigenvalue weighted by molar-refractivity contribution is 0.102. The lowest BCUT2D eigenvalue weighted by Gasteiger charge is -2.10. The molecular formula is C15H13ClFNO4S. The second kappa shape index (κ2) is 6.55. The average Bonchev–Trinajstić information content (AvgIpc) is 2.49. The minimum Gasteiger partial charge on any atom is -0.506 e. The van der Waals surface area contributed by atoms with Crippen molar-refractivity contribution in [1.29, 1.82) is 0 Å². The minimum absolute atomic E-state index is 0.00350. The van der Waals surface area contributed by atoms with Crippen LogP contribution in [0.15, 0.2) is 41.3 Å². The number of benzene rings is 2. The molecule has 0 aliphatic carbocycles. The number of nitrogens with one attached hydrogen (secondary N) is 1. The molecule has 122 valence electrons. The molecule has 0 heterocycles. The highest BCUT2D eigenvalue weighted by Gasteiger charge is 2.17. The number of sulfone groups is 1. The summed E-state index contributed by atoms with van der Waals surface area (Å²) in [5.74, 6) is -1.71. The van der Waals surface area contributed by atoms with E-state index in [-0.39, 0.29) is 32.7 Å². The molecule has 2 rings (SSSR count). The number of carbonyl (C=O) groups excluding carboxylic acids is 1. The molecule has 2 aromatic rings. The van der Waals surface area contributed by atoms with E-state index < -0.39 is 21.6 Å². The van der Waals surface area contributed by atoms with Crippen LogP contribution in [0.1, 0.15) is 17.3 Å². The second-order valence-corrected chi connectivity index (χ2v) is 7.35. The first-order chi connectivity index (χ1) is 10.7. The Labute approximate surface area is 137 Å². The predicted molar refractivity (Wildman–Crippen MR) is 85.2 cm³/mol. The van der Waals surface area contributed by atoms with Crippen LogP contribution in [0.3, 0.4) is 0 Å². The molecule has 23 heavy (non-hydrogen) atoms. The third-order valence-electron chi connectivity index (χ3n) is 3.13. The van der Waals surface area contributed by atoms with Gasteiger partial charge in [-0.25, -0.2) is 12.8 Å². The van der Waals surface area contributed by atoms with Crippen molar-refractivity contribution in [2.75, 3.05) is 11.1 Å². The molecule has 0 aliphatic heterocycles. The third kappa shape index (κ3) is 3.80. The first kappa shape index (κ1) is 17.2. The van der Waals surface area contributed by atoms with Crippen LogP contribution in [0.25, 0.3) is 0 Å². The van der Waals surface area contributed by atoms with Crippen LogP contribution < -0.4 is 5.32 Å². The van der Waals surface area contributed by atoms with Gasteiger partial charge in [0.05, 0.1) is 26.9 Å². The van der Waals surface area contributed by atoms with Crippen molar-refractivity contribution in [3.63, 3.8) is 0 Å². The maximum atomic E-state index is 13.0. The van der Waals surface area contributed by atoms with Gasteiger partial charge in [0.25, 0.3) is 5.91 Å². The maximum absolute atomic E-state index is 13.0. The van der Waals surface area contributed by atoms with Gasteiger partial charge < -0.3 is 10.4 Å². The van der Waals surface area contributed by atoms with Gasteiger partial charge in [0.15, 0.2) is 9.84 Å². The lowest BCUT2D eigenvalue weighted by atomic mass is 10.2. The number of amides is 1. The summed E-state index contributed by atoms with van der Waals surface area (Å²) in [5, 5.41) is 12.0. The Hall–Kier alpha value is -2.12. The average molecular weight is 358 g/mol. The molecule has 0 saturated heterocycles. The molecule has 1 amide bonds. The summed E-state index contributed by atoms with van der Waals surface area (Å²) < 4.78 is 36.7. The molecule has 0 aromatic heterocycles. The van der Waals surface area contributed by atoms with Crippen LogP contribution in [0, 0.1) is 5.82 Å². The lowest BCUT2D eigenvalue weighted by Crippen LogP contribution is -2.13. The van der Waals surface area contributed by atoms with Gasteiger partial charge >= 0.3 is 0 Å². The maximum Gasteiger partial charge on any atom is 0.257 e. The van der Waals surface area contributed by atoms with Gasteiger partial charge in [0.1, 0.15) is 11.6 Å². The van der Waals surface area contributed by atoms with Gasteiger partial charge in [-0.15, -0.1) is 0 Å². The molecule has 0 saturated carbocycles. The Kier molecular flexibility index (Phi) is 4.91. The first-order valence-corrected chi connectivity index (χ1v) is 8.60. The number of phenols is 1. The van der Waals surface area contributed by atoms with Gasteiger partial charge in [-0.2, -0.15) is 0 Å². The summed E-state index contributed by atoms with van der Waals surface area (Å²) in [4.78, 5) is 12.1. The number of halogens is 2. The highest BCUT2D eigenvalue weighted by atomic mass is 35.5. The van der Waals surface area contributed by atoms with E-state index in [0.717, 1.165) is 18.2 Å². The van der Waals surface area contributed by atoms with Crippen LogP contribution in [0.2, 0.25) is 5.02 Å². The van der Waals surface area contributed by atoms with Crippen LogP contribution in [0.5, 0.6) is 5.75 Å². The van der Waals surface area contributed by atoms with Crippen LogP contribution in [-0.4, -0.2) is 25.2 Å². The molecular weight excluding hydrogens is 345 g/mol. The highest BCUT2D eigenvalue weighted by Crippen LogP contribution is 2.28. The number of anilines is 1. The molecule has 0 atom stereocenters. The van der Waals surface area contributed by atoms with Gasteiger partial charge in [-0.1, -0.05) is 18.5 Å². The summed E-state index contributed by atoms with van der Waals surface area (Å²) in [6.07, 6.45) is 0. The van der Waals surface area contributed by atoms with Crippen molar-refractivity contribution in [2.45, 2.75) is 11.8 Å². The van der Waals surface area contributed by atoms with E-state index >= 15 is 0 Å². The largest absolute Gasteiger partial charge is 0.506 e. The smallest absolute Gasteiger partial charge is 0.257 e. The molecule has 2 N–H and O–H groups in total. The predicted octanol–water partition coefficient (Wildman–Crippen LogP) is 3.23. The van der Waals surface area contributed by atoms with E-state index in [1.807, 2.05) is 0 Å². The highest BCUT2D eigenvalue weighted by molar-refractivity contribution is 7.91. The molecule has 0 bridgehead atoms. The van der Waals surface area contributed by atoms with E-state index in [1.54, 1.807) is 0 Å². The number of carbonyl (C=O) groups is 1. The Morgan fingerprint density at radius 3 is 2.57 bits per heavy atom. The fraction of sp³-hybridized carbons (Fsp3) is 0.133. The van der Waals surface area contributed by atoms with Crippen molar-refractivity contribution >= 4 is 33.0 Å². The molecule has 8 heteroatoms. The molecule has 0 unspecified atom stereocenters. The summed E-state index contributed by atoms with van der Waals surface area (Å²) in [6.45, 7) is 1.48. The van der Waals surface area contributed by atoms with Crippen molar-refractivity contribution in [1.82, 2.24) is 0 Å². The zero-order valence-electron chi connectivity index (χ0n) is 12.0. The standard InChI is InChI=1S/C15H13ClFNO4S/c1-2-23(21,22)10-4-6-14(19)13(8-10)18-15(20)11-5-3-9(17)7-12(11)16/h3-8,19H,2H2,1H3,(H,18,20). The third-order valence-corrected chi connectivity index (χ3v) is 5.18. The van der Waals surface area contributed by atoms with Crippen molar-refractivity contribution < 1.29 is 22.7 Å². The van der Waals surface area contributed by atoms with Crippen LogP contribution in [0.4, 0.5) is 10.1 Å². The molecule has 5 nitrogen and oxygen atoms in total. The van der Waals surface area contributed by atoms with Gasteiger partial charge in [-0.05, 0) is 36.4 Å². The molecule has 0 radical (unpaired) electrons. The summed E-state index contributed by atoms with van der Waals surface area (Å²) in [6, 6.07) is 6.81. The Balaban J connectivity index is 2.36. The Morgan fingerprint density at radius 2 is 1.96 bits per heavy atom.